The fraction of sp³-hybridized carbons (Fsp3) is 0.941. The molecule has 3 atom stereocenters. The summed E-state index contributed by atoms with van der Waals surface area (Å²) in [4.78, 5) is 14.0. The average Bonchev–Trinajstić information content (AvgIpc) is 3.01. The van der Waals surface area contributed by atoms with Gasteiger partial charge in [-0.05, 0) is 59.9 Å². The molecule has 23 heavy (non-hydrogen) atoms. The number of rotatable bonds is 5. The van der Waals surface area contributed by atoms with Crippen LogP contribution in [0.5, 0.6) is 0 Å². The van der Waals surface area contributed by atoms with E-state index < -0.39 is 5.60 Å². The molecule has 2 fully saturated rings. The standard InChI is InChI=1S/C17H32N2O4/c1-13(20)6-5-9-18-14-7-11-22-17(14)8-10-19(12-17)15(21)23-16(2,3)4/h13-14,18,20H,5-12H2,1-4H3. The van der Waals surface area contributed by atoms with Gasteiger partial charge in [0.25, 0.3) is 0 Å². The molecule has 1 amide bonds. The van der Waals surface area contributed by atoms with Gasteiger partial charge in [-0.15, -0.1) is 0 Å². The van der Waals surface area contributed by atoms with Crippen LogP contribution in [0, 0.1) is 0 Å². The van der Waals surface area contributed by atoms with Crippen molar-refractivity contribution in [1.29, 1.82) is 0 Å². The van der Waals surface area contributed by atoms with E-state index in [1.807, 2.05) is 27.7 Å². The van der Waals surface area contributed by atoms with Crippen molar-refractivity contribution in [3.05, 3.63) is 0 Å². The predicted octanol–water partition coefficient (Wildman–Crippen LogP) is 1.91. The Kier molecular flexibility index (Phi) is 5.92. The van der Waals surface area contributed by atoms with Crippen LogP contribution in [-0.4, -0.2) is 65.7 Å². The van der Waals surface area contributed by atoms with E-state index in [0.717, 1.165) is 38.8 Å². The van der Waals surface area contributed by atoms with Gasteiger partial charge in [0.05, 0.1) is 12.6 Å². The van der Waals surface area contributed by atoms with Crippen LogP contribution in [0.25, 0.3) is 0 Å². The van der Waals surface area contributed by atoms with E-state index in [0.29, 0.717) is 13.1 Å². The first-order chi connectivity index (χ1) is 10.7. The van der Waals surface area contributed by atoms with Crippen LogP contribution < -0.4 is 5.32 Å². The monoisotopic (exact) mass is 328 g/mol. The SMILES string of the molecule is CC(O)CCCNC1CCOC12CCN(C(=O)OC(C)(C)C)C2. The van der Waals surface area contributed by atoms with Crippen molar-refractivity contribution in [2.24, 2.45) is 0 Å². The van der Waals surface area contributed by atoms with Crippen LogP contribution >= 0.6 is 0 Å². The summed E-state index contributed by atoms with van der Waals surface area (Å²) in [6, 6.07) is 0.268. The maximum atomic E-state index is 12.2. The first kappa shape index (κ1) is 18.5. The van der Waals surface area contributed by atoms with Gasteiger partial charge in [-0.3, -0.25) is 0 Å². The van der Waals surface area contributed by atoms with Crippen molar-refractivity contribution in [3.63, 3.8) is 0 Å². The fourth-order valence-corrected chi connectivity index (χ4v) is 3.40. The van der Waals surface area contributed by atoms with Crippen LogP contribution in [0.3, 0.4) is 0 Å². The molecule has 2 heterocycles. The molecule has 0 bridgehead atoms. The van der Waals surface area contributed by atoms with Crippen molar-refractivity contribution in [1.82, 2.24) is 10.2 Å². The van der Waals surface area contributed by atoms with E-state index in [1.54, 1.807) is 4.90 Å². The zero-order valence-corrected chi connectivity index (χ0v) is 14.9. The van der Waals surface area contributed by atoms with Gasteiger partial charge < -0.3 is 24.8 Å². The highest BCUT2D eigenvalue weighted by Gasteiger charge is 2.50. The maximum Gasteiger partial charge on any atom is 0.410 e. The first-order valence-corrected chi connectivity index (χ1v) is 8.75. The minimum absolute atomic E-state index is 0.250. The number of nitrogens with one attached hydrogen (secondary N) is 1. The third kappa shape index (κ3) is 5.06. The second-order valence-electron chi connectivity index (χ2n) is 7.85. The topological polar surface area (TPSA) is 71.0 Å². The molecule has 0 aromatic rings. The van der Waals surface area contributed by atoms with Gasteiger partial charge in [-0.2, -0.15) is 0 Å². The Hall–Kier alpha value is -0.850. The molecule has 0 aromatic heterocycles. The molecule has 134 valence electrons. The lowest BCUT2D eigenvalue weighted by molar-refractivity contribution is -0.00975. The van der Waals surface area contributed by atoms with E-state index in [2.05, 4.69) is 5.32 Å². The van der Waals surface area contributed by atoms with Gasteiger partial charge in [0.1, 0.15) is 11.2 Å². The third-order valence-corrected chi connectivity index (χ3v) is 4.54. The van der Waals surface area contributed by atoms with Crippen LogP contribution in [0.1, 0.15) is 53.4 Å². The normalized spacial score (nSPS) is 29.3. The van der Waals surface area contributed by atoms with E-state index in [4.69, 9.17) is 9.47 Å². The number of likely N-dealkylation sites (tertiary alicyclic amines) is 1. The van der Waals surface area contributed by atoms with Crippen molar-refractivity contribution in [2.75, 3.05) is 26.2 Å². The molecule has 0 aromatic carbocycles. The summed E-state index contributed by atoms with van der Waals surface area (Å²) < 4.78 is 11.5. The molecule has 2 N–H and O–H groups in total. The van der Waals surface area contributed by atoms with Crippen LogP contribution in [0.15, 0.2) is 0 Å². The number of carbonyl (C=O) groups is 1. The number of ether oxygens (including phenoxy) is 2. The third-order valence-electron chi connectivity index (χ3n) is 4.54. The lowest BCUT2D eigenvalue weighted by Gasteiger charge is -2.31. The van der Waals surface area contributed by atoms with E-state index >= 15 is 0 Å². The number of amides is 1. The fourth-order valence-electron chi connectivity index (χ4n) is 3.40. The van der Waals surface area contributed by atoms with Gasteiger partial charge >= 0.3 is 6.09 Å². The van der Waals surface area contributed by atoms with Gasteiger partial charge in [-0.1, -0.05) is 0 Å². The van der Waals surface area contributed by atoms with E-state index in [1.165, 1.54) is 0 Å². The molecular weight excluding hydrogens is 296 g/mol. The highest BCUT2D eigenvalue weighted by atomic mass is 16.6. The molecule has 0 saturated carbocycles. The molecule has 6 nitrogen and oxygen atoms in total. The smallest absolute Gasteiger partial charge is 0.410 e. The van der Waals surface area contributed by atoms with Crippen molar-refractivity contribution >= 4 is 6.09 Å². The zero-order valence-electron chi connectivity index (χ0n) is 14.9. The summed E-state index contributed by atoms with van der Waals surface area (Å²) in [5.74, 6) is 0. The molecule has 6 heteroatoms. The minimum atomic E-state index is -0.470. The molecule has 1 spiro atoms. The average molecular weight is 328 g/mol. The largest absolute Gasteiger partial charge is 0.444 e. The Labute approximate surface area is 139 Å². The number of hydrogen-bond donors (Lipinski definition) is 2. The molecule has 2 saturated heterocycles. The lowest BCUT2D eigenvalue weighted by atomic mass is 9.93. The number of aliphatic hydroxyl groups excluding tert-OH is 1. The summed E-state index contributed by atoms with van der Waals surface area (Å²) >= 11 is 0. The summed E-state index contributed by atoms with van der Waals surface area (Å²) in [5.41, 5.74) is -0.746. The Morgan fingerprint density at radius 3 is 2.91 bits per heavy atom. The van der Waals surface area contributed by atoms with Gasteiger partial charge in [0.2, 0.25) is 0 Å². The molecule has 2 aliphatic rings. The van der Waals surface area contributed by atoms with Gasteiger partial charge in [0, 0.05) is 19.2 Å². The summed E-state index contributed by atoms with van der Waals surface area (Å²) in [7, 11) is 0. The molecule has 0 radical (unpaired) electrons. The summed E-state index contributed by atoms with van der Waals surface area (Å²) in [5, 5.41) is 12.9. The summed E-state index contributed by atoms with van der Waals surface area (Å²) in [6.07, 6.45) is 3.06. The van der Waals surface area contributed by atoms with Crippen LogP contribution in [-0.2, 0) is 9.47 Å². The highest BCUT2D eigenvalue weighted by molar-refractivity contribution is 5.68. The molecule has 2 aliphatic heterocycles. The lowest BCUT2D eigenvalue weighted by Crippen LogP contribution is -2.50. The summed E-state index contributed by atoms with van der Waals surface area (Å²) in [6.45, 7) is 10.3. The van der Waals surface area contributed by atoms with Gasteiger partial charge in [-0.25, -0.2) is 4.79 Å². The van der Waals surface area contributed by atoms with Crippen LogP contribution in [0.4, 0.5) is 4.79 Å². The Bertz CT molecular complexity index is 408. The Balaban J connectivity index is 1.85. The molecular formula is C17H32N2O4. The van der Waals surface area contributed by atoms with E-state index in [9.17, 15) is 9.90 Å². The minimum Gasteiger partial charge on any atom is -0.444 e. The van der Waals surface area contributed by atoms with Crippen molar-refractivity contribution in [3.8, 4) is 0 Å². The van der Waals surface area contributed by atoms with Crippen LogP contribution in [0.2, 0.25) is 0 Å². The highest BCUT2D eigenvalue weighted by Crippen LogP contribution is 2.36. The number of hydrogen-bond acceptors (Lipinski definition) is 5. The second kappa shape index (κ2) is 7.36. The zero-order chi connectivity index (χ0) is 17.1. The first-order valence-electron chi connectivity index (χ1n) is 8.75. The van der Waals surface area contributed by atoms with Gasteiger partial charge in [0.15, 0.2) is 0 Å². The number of nitrogens with zero attached hydrogens (tertiary/aromatic N) is 1. The van der Waals surface area contributed by atoms with E-state index in [-0.39, 0.29) is 23.8 Å². The molecule has 3 unspecified atom stereocenters. The second-order valence-corrected chi connectivity index (χ2v) is 7.85. The predicted molar refractivity (Wildman–Crippen MR) is 88.4 cm³/mol. The van der Waals surface area contributed by atoms with Crippen molar-refractivity contribution in [2.45, 2.75) is 76.7 Å². The Morgan fingerprint density at radius 2 is 2.26 bits per heavy atom. The molecule has 0 aliphatic carbocycles. The maximum absolute atomic E-state index is 12.2. The number of carbonyl (C=O) groups excluding carboxylic acids is 1. The quantitative estimate of drug-likeness (QED) is 0.754. The molecule has 2 rings (SSSR count). The number of aliphatic hydroxyl groups is 1. The van der Waals surface area contributed by atoms with Crippen molar-refractivity contribution < 1.29 is 19.4 Å². The Morgan fingerprint density at radius 1 is 1.52 bits per heavy atom.